The minimum absolute atomic E-state index is 0.199. The number of hydrazine groups is 1. The predicted molar refractivity (Wildman–Crippen MR) is 63.9 cm³/mol. The topological polar surface area (TPSA) is 81.7 Å². The van der Waals surface area contributed by atoms with Crippen LogP contribution in [0.4, 0.5) is 0 Å². The van der Waals surface area contributed by atoms with E-state index in [-0.39, 0.29) is 6.04 Å². The maximum Gasteiger partial charge on any atom is 0.107 e. The standard InChI is InChI=1S/C11H16N6/c1-7-4-8(2)10(13-5-7)11(15-12)9-6-14-16-17(9)3/h4-6,11,15H,12H2,1-3H3. The van der Waals surface area contributed by atoms with E-state index in [0.717, 1.165) is 22.5 Å². The zero-order valence-corrected chi connectivity index (χ0v) is 10.2. The Morgan fingerprint density at radius 3 is 2.65 bits per heavy atom. The molecule has 2 heterocycles. The smallest absolute Gasteiger partial charge is 0.107 e. The average molecular weight is 232 g/mol. The Hall–Kier alpha value is -1.79. The molecule has 2 rings (SSSR count). The van der Waals surface area contributed by atoms with Gasteiger partial charge < -0.3 is 0 Å². The maximum absolute atomic E-state index is 5.61. The zero-order chi connectivity index (χ0) is 12.4. The van der Waals surface area contributed by atoms with Gasteiger partial charge in [-0.25, -0.2) is 5.43 Å². The van der Waals surface area contributed by atoms with E-state index in [1.54, 1.807) is 10.9 Å². The molecular weight excluding hydrogens is 216 g/mol. The van der Waals surface area contributed by atoms with Crippen molar-refractivity contribution in [3.63, 3.8) is 0 Å². The van der Waals surface area contributed by atoms with Crippen molar-refractivity contribution in [2.24, 2.45) is 12.9 Å². The first kappa shape index (κ1) is 11.7. The van der Waals surface area contributed by atoms with Gasteiger partial charge in [0.15, 0.2) is 0 Å². The van der Waals surface area contributed by atoms with Crippen molar-refractivity contribution in [3.05, 3.63) is 41.0 Å². The predicted octanol–water partition coefficient (Wildman–Crippen LogP) is 0.380. The second-order valence-corrected chi connectivity index (χ2v) is 4.10. The number of nitrogens with zero attached hydrogens (tertiary/aromatic N) is 4. The Morgan fingerprint density at radius 1 is 1.35 bits per heavy atom. The molecule has 0 saturated heterocycles. The molecule has 2 aromatic rings. The number of nitrogens with two attached hydrogens (primary N) is 1. The molecule has 6 nitrogen and oxygen atoms in total. The van der Waals surface area contributed by atoms with Crippen LogP contribution in [0.15, 0.2) is 18.5 Å². The molecule has 0 spiro atoms. The second kappa shape index (κ2) is 4.60. The highest BCUT2D eigenvalue weighted by Crippen LogP contribution is 2.21. The highest BCUT2D eigenvalue weighted by Gasteiger charge is 2.19. The fourth-order valence-corrected chi connectivity index (χ4v) is 1.89. The number of hydrogen-bond donors (Lipinski definition) is 2. The molecular formula is C11H16N6. The lowest BCUT2D eigenvalue weighted by atomic mass is 10.0. The van der Waals surface area contributed by atoms with E-state index in [0.29, 0.717) is 0 Å². The van der Waals surface area contributed by atoms with E-state index in [2.05, 4.69) is 26.8 Å². The van der Waals surface area contributed by atoms with Gasteiger partial charge in [-0.2, -0.15) is 0 Å². The first-order valence-electron chi connectivity index (χ1n) is 5.37. The van der Waals surface area contributed by atoms with E-state index in [1.807, 2.05) is 27.1 Å². The van der Waals surface area contributed by atoms with Crippen LogP contribution in [-0.2, 0) is 7.05 Å². The zero-order valence-electron chi connectivity index (χ0n) is 10.2. The third kappa shape index (κ3) is 2.17. The lowest BCUT2D eigenvalue weighted by Gasteiger charge is -2.17. The van der Waals surface area contributed by atoms with Crippen LogP contribution in [0, 0.1) is 13.8 Å². The van der Waals surface area contributed by atoms with Crippen LogP contribution in [0.1, 0.15) is 28.6 Å². The van der Waals surface area contributed by atoms with E-state index in [9.17, 15) is 0 Å². The van der Waals surface area contributed by atoms with Crippen LogP contribution in [-0.4, -0.2) is 20.0 Å². The number of aromatic nitrogens is 4. The molecule has 0 aliphatic heterocycles. The Bertz CT molecular complexity index is 518. The Kier molecular flexibility index (Phi) is 3.16. The molecule has 2 aromatic heterocycles. The van der Waals surface area contributed by atoms with Gasteiger partial charge >= 0.3 is 0 Å². The number of rotatable bonds is 3. The van der Waals surface area contributed by atoms with Gasteiger partial charge in [-0.05, 0) is 25.0 Å². The van der Waals surface area contributed by atoms with Crippen molar-refractivity contribution in [2.75, 3.05) is 0 Å². The van der Waals surface area contributed by atoms with Crippen molar-refractivity contribution >= 4 is 0 Å². The highest BCUT2D eigenvalue weighted by atomic mass is 15.4. The molecule has 1 atom stereocenters. The van der Waals surface area contributed by atoms with Crippen molar-refractivity contribution in [2.45, 2.75) is 19.9 Å². The SMILES string of the molecule is Cc1cnc(C(NN)c2cnnn2C)c(C)c1. The summed E-state index contributed by atoms with van der Waals surface area (Å²) in [5.41, 5.74) is 6.75. The molecule has 0 aliphatic rings. The van der Waals surface area contributed by atoms with Gasteiger partial charge in [0.1, 0.15) is 6.04 Å². The fourth-order valence-electron chi connectivity index (χ4n) is 1.89. The van der Waals surface area contributed by atoms with Crippen LogP contribution in [0.25, 0.3) is 0 Å². The van der Waals surface area contributed by atoms with Crippen molar-refractivity contribution in [1.29, 1.82) is 0 Å². The van der Waals surface area contributed by atoms with Gasteiger partial charge in [0.05, 0.1) is 17.6 Å². The molecule has 0 aliphatic carbocycles. The van der Waals surface area contributed by atoms with Gasteiger partial charge in [-0.15, -0.1) is 5.10 Å². The van der Waals surface area contributed by atoms with E-state index in [4.69, 9.17) is 5.84 Å². The number of aryl methyl sites for hydroxylation is 3. The molecule has 17 heavy (non-hydrogen) atoms. The van der Waals surface area contributed by atoms with Gasteiger partial charge in [0, 0.05) is 13.2 Å². The van der Waals surface area contributed by atoms with Gasteiger partial charge in [0.25, 0.3) is 0 Å². The quantitative estimate of drug-likeness (QED) is 0.590. The number of hydrogen-bond acceptors (Lipinski definition) is 5. The summed E-state index contributed by atoms with van der Waals surface area (Å²) in [6.07, 6.45) is 3.52. The molecule has 0 saturated carbocycles. The molecule has 90 valence electrons. The monoisotopic (exact) mass is 232 g/mol. The van der Waals surface area contributed by atoms with Gasteiger partial charge in [-0.3, -0.25) is 15.5 Å². The van der Waals surface area contributed by atoms with Crippen LogP contribution in [0.2, 0.25) is 0 Å². The minimum Gasteiger partial charge on any atom is -0.270 e. The van der Waals surface area contributed by atoms with E-state index < -0.39 is 0 Å². The summed E-state index contributed by atoms with van der Waals surface area (Å²) in [5.74, 6) is 5.61. The van der Waals surface area contributed by atoms with E-state index >= 15 is 0 Å². The lowest BCUT2D eigenvalue weighted by Crippen LogP contribution is -2.31. The second-order valence-electron chi connectivity index (χ2n) is 4.10. The number of nitrogens with one attached hydrogen (secondary N) is 1. The van der Waals surface area contributed by atoms with E-state index in [1.165, 1.54) is 0 Å². The largest absolute Gasteiger partial charge is 0.270 e. The normalized spacial score (nSPS) is 12.7. The molecule has 0 radical (unpaired) electrons. The molecule has 0 aromatic carbocycles. The molecule has 0 fully saturated rings. The first-order valence-corrected chi connectivity index (χ1v) is 5.37. The fraction of sp³-hybridized carbons (Fsp3) is 0.364. The summed E-state index contributed by atoms with van der Waals surface area (Å²) < 4.78 is 1.69. The summed E-state index contributed by atoms with van der Waals surface area (Å²) in [4.78, 5) is 4.43. The summed E-state index contributed by atoms with van der Waals surface area (Å²) in [7, 11) is 1.83. The van der Waals surface area contributed by atoms with Crippen LogP contribution in [0.3, 0.4) is 0 Å². The van der Waals surface area contributed by atoms with Gasteiger partial charge in [-0.1, -0.05) is 11.3 Å². The van der Waals surface area contributed by atoms with Crippen molar-refractivity contribution < 1.29 is 0 Å². The molecule has 3 N–H and O–H groups in total. The summed E-state index contributed by atoms with van der Waals surface area (Å²) in [6, 6.07) is 1.88. The third-order valence-electron chi connectivity index (χ3n) is 2.74. The highest BCUT2D eigenvalue weighted by molar-refractivity contribution is 5.30. The van der Waals surface area contributed by atoms with Crippen LogP contribution in [0.5, 0.6) is 0 Å². The van der Waals surface area contributed by atoms with Gasteiger partial charge in [0.2, 0.25) is 0 Å². The average Bonchev–Trinajstić information content (AvgIpc) is 2.69. The Labute approximate surface area is 99.8 Å². The summed E-state index contributed by atoms with van der Waals surface area (Å²) >= 11 is 0. The van der Waals surface area contributed by atoms with Crippen LogP contribution < -0.4 is 11.3 Å². The number of pyridine rings is 1. The first-order chi connectivity index (χ1) is 8.13. The maximum atomic E-state index is 5.61. The third-order valence-corrected chi connectivity index (χ3v) is 2.74. The molecule has 0 bridgehead atoms. The summed E-state index contributed by atoms with van der Waals surface area (Å²) in [6.45, 7) is 4.03. The lowest BCUT2D eigenvalue weighted by molar-refractivity contribution is 0.557. The Morgan fingerprint density at radius 2 is 2.12 bits per heavy atom. The summed E-state index contributed by atoms with van der Waals surface area (Å²) in [5, 5.41) is 7.75. The molecule has 1 unspecified atom stereocenters. The Balaban J connectivity index is 2.46. The molecule has 6 heteroatoms. The minimum atomic E-state index is -0.199. The van der Waals surface area contributed by atoms with Crippen molar-refractivity contribution in [1.82, 2.24) is 25.4 Å². The van der Waals surface area contributed by atoms with Crippen LogP contribution >= 0.6 is 0 Å². The van der Waals surface area contributed by atoms with Crippen molar-refractivity contribution in [3.8, 4) is 0 Å². The molecule has 0 amide bonds.